The molecule has 0 fully saturated rings. The Balaban J connectivity index is 1.83. The van der Waals surface area contributed by atoms with Gasteiger partial charge in [-0.25, -0.2) is 19.9 Å². The van der Waals surface area contributed by atoms with Crippen LogP contribution in [0.3, 0.4) is 0 Å². The molecule has 4 rings (SSSR count). The summed E-state index contributed by atoms with van der Waals surface area (Å²) in [6.07, 6.45) is 2.76. The average molecular weight is 483 g/mol. The molecule has 3 N–H and O–H groups in total. The SMILES string of the molecule is CCCc1nc(-c2nc(N)c(C(C)(C)c3ccc(C(F)(F)F)cc3)c(NC=O)n2)cn2ccnc12. The number of hydrogen-bond acceptors (Lipinski definition) is 6. The van der Waals surface area contributed by atoms with Gasteiger partial charge in [0.2, 0.25) is 6.41 Å². The molecule has 3 heterocycles. The Labute approximate surface area is 199 Å². The Morgan fingerprint density at radius 1 is 1.09 bits per heavy atom. The van der Waals surface area contributed by atoms with Gasteiger partial charge in [-0.05, 0) is 24.1 Å². The van der Waals surface area contributed by atoms with E-state index >= 15 is 0 Å². The number of fused-ring (bicyclic) bond motifs is 1. The molecule has 0 radical (unpaired) electrons. The highest BCUT2D eigenvalue weighted by Crippen LogP contribution is 2.40. The standard InChI is InChI=1S/C24H24F3N7O/c1-4-5-16-22-29-10-11-34(22)12-17(31-16)20-32-19(28)18(21(33-20)30-13-35)23(2,3)14-6-8-15(9-7-14)24(25,26)27/h6-13H,4-5H2,1-3H3,(H3,28,30,32,33,35). The van der Waals surface area contributed by atoms with Crippen LogP contribution in [0.4, 0.5) is 24.8 Å². The molecule has 35 heavy (non-hydrogen) atoms. The molecule has 0 aliphatic carbocycles. The van der Waals surface area contributed by atoms with Crippen molar-refractivity contribution in [2.24, 2.45) is 0 Å². The zero-order valence-electron chi connectivity index (χ0n) is 19.4. The van der Waals surface area contributed by atoms with E-state index in [9.17, 15) is 18.0 Å². The summed E-state index contributed by atoms with van der Waals surface area (Å²) in [4.78, 5) is 29.4. The molecule has 3 aromatic heterocycles. The first-order valence-corrected chi connectivity index (χ1v) is 10.9. The zero-order valence-corrected chi connectivity index (χ0v) is 19.4. The fraction of sp³-hybridized carbons (Fsp3) is 0.292. The maximum atomic E-state index is 13.0. The van der Waals surface area contributed by atoms with Crippen molar-refractivity contribution in [2.45, 2.75) is 45.2 Å². The highest BCUT2D eigenvalue weighted by atomic mass is 19.4. The van der Waals surface area contributed by atoms with Gasteiger partial charge in [0.05, 0.1) is 11.3 Å². The quantitative estimate of drug-likeness (QED) is 0.371. The van der Waals surface area contributed by atoms with Crippen LogP contribution in [0.1, 0.15) is 49.6 Å². The third kappa shape index (κ3) is 4.53. The number of aromatic nitrogens is 5. The molecule has 0 bridgehead atoms. The van der Waals surface area contributed by atoms with E-state index in [1.807, 2.05) is 11.3 Å². The second kappa shape index (κ2) is 8.97. The van der Waals surface area contributed by atoms with Gasteiger partial charge in [0, 0.05) is 29.6 Å². The fourth-order valence-corrected chi connectivity index (χ4v) is 4.10. The van der Waals surface area contributed by atoms with Crippen LogP contribution in [-0.2, 0) is 22.8 Å². The van der Waals surface area contributed by atoms with Crippen LogP contribution in [0.25, 0.3) is 17.2 Å². The van der Waals surface area contributed by atoms with Crippen LogP contribution in [0, 0.1) is 0 Å². The number of imidazole rings is 1. The van der Waals surface area contributed by atoms with Crippen LogP contribution in [0.5, 0.6) is 0 Å². The number of nitrogens with two attached hydrogens (primary N) is 1. The lowest BCUT2D eigenvalue weighted by molar-refractivity contribution is -0.137. The van der Waals surface area contributed by atoms with Gasteiger partial charge >= 0.3 is 6.18 Å². The molecule has 182 valence electrons. The third-order valence-electron chi connectivity index (χ3n) is 5.85. The van der Waals surface area contributed by atoms with E-state index in [0.717, 1.165) is 29.9 Å². The number of alkyl halides is 3. The Morgan fingerprint density at radius 3 is 2.40 bits per heavy atom. The Morgan fingerprint density at radius 2 is 1.77 bits per heavy atom. The average Bonchev–Trinajstić information content (AvgIpc) is 3.27. The Hall–Kier alpha value is -4.02. The molecular formula is C24H24F3N7O. The molecule has 0 spiro atoms. The summed E-state index contributed by atoms with van der Waals surface area (Å²) in [5.41, 5.74) is 7.56. The topological polar surface area (TPSA) is 111 Å². The summed E-state index contributed by atoms with van der Waals surface area (Å²) in [5, 5.41) is 2.57. The van der Waals surface area contributed by atoms with Gasteiger partial charge in [0.25, 0.3) is 0 Å². The van der Waals surface area contributed by atoms with Gasteiger partial charge in [-0.3, -0.25) is 4.79 Å². The van der Waals surface area contributed by atoms with E-state index < -0.39 is 17.2 Å². The lowest BCUT2D eigenvalue weighted by atomic mass is 9.78. The molecule has 1 aromatic carbocycles. The number of amides is 1. The summed E-state index contributed by atoms with van der Waals surface area (Å²) in [6.45, 7) is 5.58. The van der Waals surface area contributed by atoms with E-state index in [1.54, 1.807) is 32.4 Å². The highest BCUT2D eigenvalue weighted by molar-refractivity contribution is 5.77. The molecule has 4 aromatic rings. The summed E-state index contributed by atoms with van der Waals surface area (Å²) < 4.78 is 40.9. The first kappa shape index (κ1) is 24.1. The van der Waals surface area contributed by atoms with E-state index in [2.05, 4.69) is 25.3 Å². The van der Waals surface area contributed by atoms with Crippen molar-refractivity contribution in [3.05, 3.63) is 65.2 Å². The van der Waals surface area contributed by atoms with Crippen LogP contribution in [0.15, 0.2) is 42.9 Å². The van der Waals surface area contributed by atoms with E-state index in [-0.39, 0.29) is 17.5 Å². The van der Waals surface area contributed by atoms with Crippen molar-refractivity contribution in [1.82, 2.24) is 24.3 Å². The Bertz CT molecular complexity index is 1380. The smallest absolute Gasteiger partial charge is 0.383 e. The summed E-state index contributed by atoms with van der Waals surface area (Å²) >= 11 is 0. The normalized spacial score (nSPS) is 12.2. The van der Waals surface area contributed by atoms with Crippen LogP contribution < -0.4 is 11.1 Å². The van der Waals surface area contributed by atoms with E-state index in [4.69, 9.17) is 5.73 Å². The zero-order chi connectivity index (χ0) is 25.4. The molecular weight excluding hydrogens is 459 g/mol. The number of carbonyl (C=O) groups is 1. The minimum absolute atomic E-state index is 0.0776. The van der Waals surface area contributed by atoms with Gasteiger partial charge in [-0.15, -0.1) is 0 Å². The van der Waals surface area contributed by atoms with Crippen LogP contribution >= 0.6 is 0 Å². The van der Waals surface area contributed by atoms with Crippen LogP contribution in [-0.4, -0.2) is 30.7 Å². The molecule has 8 nitrogen and oxygen atoms in total. The number of rotatable bonds is 7. The van der Waals surface area contributed by atoms with E-state index in [0.29, 0.717) is 29.7 Å². The second-order valence-electron chi connectivity index (χ2n) is 8.60. The molecule has 0 atom stereocenters. The fourth-order valence-electron chi connectivity index (χ4n) is 4.10. The molecule has 1 amide bonds. The van der Waals surface area contributed by atoms with Crippen molar-refractivity contribution in [1.29, 1.82) is 0 Å². The first-order valence-electron chi connectivity index (χ1n) is 10.9. The second-order valence-corrected chi connectivity index (χ2v) is 8.60. The van der Waals surface area contributed by atoms with Crippen molar-refractivity contribution < 1.29 is 18.0 Å². The molecule has 0 saturated carbocycles. The number of nitrogens with zero attached hydrogens (tertiary/aromatic N) is 5. The van der Waals surface area contributed by atoms with E-state index in [1.165, 1.54) is 12.1 Å². The van der Waals surface area contributed by atoms with Gasteiger partial charge in [0.1, 0.15) is 17.3 Å². The minimum atomic E-state index is -4.45. The Kier molecular flexibility index (Phi) is 6.18. The first-order chi connectivity index (χ1) is 16.6. The maximum absolute atomic E-state index is 13.0. The van der Waals surface area contributed by atoms with Gasteiger partial charge in [0.15, 0.2) is 11.5 Å². The third-order valence-corrected chi connectivity index (χ3v) is 5.85. The van der Waals surface area contributed by atoms with Gasteiger partial charge < -0.3 is 15.5 Å². The minimum Gasteiger partial charge on any atom is -0.383 e. The van der Waals surface area contributed by atoms with Crippen molar-refractivity contribution in [3.63, 3.8) is 0 Å². The number of halogens is 3. The number of hydrogen-bond donors (Lipinski definition) is 2. The summed E-state index contributed by atoms with van der Waals surface area (Å²) in [5.74, 6) is 0.428. The monoisotopic (exact) mass is 483 g/mol. The summed E-state index contributed by atoms with van der Waals surface area (Å²) in [7, 11) is 0. The molecule has 0 aliphatic heterocycles. The number of aryl methyl sites for hydroxylation is 1. The highest BCUT2D eigenvalue weighted by Gasteiger charge is 2.34. The van der Waals surface area contributed by atoms with Gasteiger partial charge in [-0.1, -0.05) is 39.3 Å². The number of carbonyl (C=O) groups excluding carboxylic acids is 1. The predicted molar refractivity (Wildman–Crippen MR) is 126 cm³/mol. The van der Waals surface area contributed by atoms with Crippen molar-refractivity contribution in [3.8, 4) is 11.5 Å². The van der Waals surface area contributed by atoms with Gasteiger partial charge in [-0.2, -0.15) is 13.2 Å². The molecule has 0 unspecified atom stereocenters. The molecule has 0 aliphatic rings. The largest absolute Gasteiger partial charge is 0.416 e. The number of anilines is 2. The number of nitrogens with one attached hydrogen (secondary N) is 1. The molecule has 0 saturated heterocycles. The lowest BCUT2D eigenvalue weighted by Crippen LogP contribution is -2.25. The van der Waals surface area contributed by atoms with Crippen molar-refractivity contribution >= 4 is 23.7 Å². The number of benzene rings is 1. The lowest BCUT2D eigenvalue weighted by Gasteiger charge is -2.29. The maximum Gasteiger partial charge on any atom is 0.416 e. The number of nitrogen functional groups attached to an aromatic ring is 1. The predicted octanol–water partition coefficient (Wildman–Crippen LogP) is 4.63. The van der Waals surface area contributed by atoms with Crippen molar-refractivity contribution in [2.75, 3.05) is 11.1 Å². The van der Waals surface area contributed by atoms with Crippen LogP contribution in [0.2, 0.25) is 0 Å². The summed E-state index contributed by atoms with van der Waals surface area (Å²) in [6, 6.07) is 4.78. The molecule has 11 heteroatoms.